The normalized spacial score (nSPS) is 11.4. The average Bonchev–Trinajstić information content (AvgIpc) is 3.09. The molecule has 1 aromatic heterocycles. The van der Waals surface area contributed by atoms with Gasteiger partial charge >= 0.3 is 0 Å². The predicted molar refractivity (Wildman–Crippen MR) is 102 cm³/mol. The van der Waals surface area contributed by atoms with Crippen molar-refractivity contribution < 1.29 is 22.7 Å². The zero-order valence-electron chi connectivity index (χ0n) is 15.1. The summed E-state index contributed by atoms with van der Waals surface area (Å²) in [5.41, 5.74) is 6.91. The number of hydrogen-bond acceptors (Lipinski definition) is 6. The number of sulfone groups is 1. The Labute approximate surface area is 160 Å². The van der Waals surface area contributed by atoms with E-state index in [1.165, 1.54) is 25.3 Å². The highest BCUT2D eigenvalue weighted by atomic mass is 32.2. The lowest BCUT2D eigenvalue weighted by Gasteiger charge is -2.08. The maximum Gasteiger partial charge on any atom is 0.284 e. The van der Waals surface area contributed by atoms with Crippen LogP contribution in [0.5, 0.6) is 5.75 Å². The second kappa shape index (κ2) is 7.31. The van der Waals surface area contributed by atoms with Crippen LogP contribution in [-0.4, -0.2) is 43.6 Å². The van der Waals surface area contributed by atoms with Crippen molar-refractivity contribution in [2.24, 2.45) is 5.73 Å². The van der Waals surface area contributed by atoms with Gasteiger partial charge in [0.05, 0.1) is 23.1 Å². The Bertz CT molecular complexity index is 1170. The molecule has 0 radical (unpaired) electrons. The standard InChI is InChI=1S/C18H18N4O5S/c1-27-11-7-13(15-14(8-11)21-17(22-15)16(19)23)18(24)20-9-10-3-5-12(6-4-10)28(2,25)26/h3-8H,9H2,1-2H3,(H2,19,23)(H,20,24)(H,21,22). The first-order valence-electron chi connectivity index (χ1n) is 8.14. The zero-order chi connectivity index (χ0) is 20.5. The molecule has 10 heteroatoms. The number of nitrogens with two attached hydrogens (primary N) is 1. The van der Waals surface area contributed by atoms with Crippen molar-refractivity contribution in [1.82, 2.24) is 15.3 Å². The van der Waals surface area contributed by atoms with Crippen LogP contribution >= 0.6 is 0 Å². The van der Waals surface area contributed by atoms with Crippen LogP contribution in [0.3, 0.4) is 0 Å². The van der Waals surface area contributed by atoms with Gasteiger partial charge in [0.25, 0.3) is 11.8 Å². The Hall–Kier alpha value is -3.40. The molecule has 4 N–H and O–H groups in total. The van der Waals surface area contributed by atoms with E-state index in [1.54, 1.807) is 18.2 Å². The number of carbonyl (C=O) groups is 2. The molecule has 3 rings (SSSR count). The Morgan fingerprint density at radius 3 is 2.46 bits per heavy atom. The molecular formula is C18H18N4O5S. The van der Waals surface area contributed by atoms with E-state index in [-0.39, 0.29) is 22.8 Å². The number of nitrogens with one attached hydrogen (secondary N) is 2. The number of aromatic nitrogens is 2. The second-order valence-electron chi connectivity index (χ2n) is 6.12. The summed E-state index contributed by atoms with van der Waals surface area (Å²) in [6.07, 6.45) is 1.13. The summed E-state index contributed by atoms with van der Waals surface area (Å²) < 4.78 is 28.2. The summed E-state index contributed by atoms with van der Waals surface area (Å²) in [7, 11) is -1.83. The lowest BCUT2D eigenvalue weighted by molar-refractivity contribution is 0.0949. The number of primary amides is 1. The van der Waals surface area contributed by atoms with Gasteiger partial charge in [0, 0.05) is 18.9 Å². The zero-order valence-corrected chi connectivity index (χ0v) is 16.0. The third-order valence-corrected chi connectivity index (χ3v) is 5.21. The number of H-pyrrole nitrogens is 1. The molecule has 0 aliphatic heterocycles. The second-order valence-corrected chi connectivity index (χ2v) is 8.14. The maximum absolute atomic E-state index is 12.7. The molecule has 0 saturated carbocycles. The molecule has 0 spiro atoms. The molecule has 28 heavy (non-hydrogen) atoms. The van der Waals surface area contributed by atoms with Crippen molar-refractivity contribution >= 4 is 32.7 Å². The van der Waals surface area contributed by atoms with E-state index in [9.17, 15) is 18.0 Å². The van der Waals surface area contributed by atoms with Gasteiger partial charge in [-0.3, -0.25) is 9.59 Å². The van der Waals surface area contributed by atoms with Crippen LogP contribution in [0.25, 0.3) is 11.0 Å². The third-order valence-electron chi connectivity index (χ3n) is 4.08. The molecule has 9 nitrogen and oxygen atoms in total. The minimum absolute atomic E-state index is 0.0614. The SMILES string of the molecule is COc1cc(C(=O)NCc2ccc(S(C)(=O)=O)cc2)c2nc(C(N)=O)[nH]c2c1. The summed E-state index contributed by atoms with van der Waals surface area (Å²) in [5.74, 6) is -0.824. The molecule has 2 amide bonds. The van der Waals surface area contributed by atoms with Gasteiger partial charge in [-0.2, -0.15) is 0 Å². The van der Waals surface area contributed by atoms with Crippen LogP contribution in [0, 0.1) is 0 Å². The van der Waals surface area contributed by atoms with Gasteiger partial charge in [0.1, 0.15) is 11.3 Å². The van der Waals surface area contributed by atoms with Gasteiger partial charge in [-0.15, -0.1) is 0 Å². The van der Waals surface area contributed by atoms with E-state index in [2.05, 4.69) is 15.3 Å². The Morgan fingerprint density at radius 1 is 1.21 bits per heavy atom. The van der Waals surface area contributed by atoms with E-state index >= 15 is 0 Å². The summed E-state index contributed by atoms with van der Waals surface area (Å²) in [5, 5.41) is 2.74. The van der Waals surface area contributed by atoms with E-state index in [0.717, 1.165) is 11.8 Å². The van der Waals surface area contributed by atoms with Crippen LogP contribution in [0.15, 0.2) is 41.3 Å². The van der Waals surface area contributed by atoms with Crippen LogP contribution in [0.4, 0.5) is 0 Å². The number of methoxy groups -OCH3 is 1. The highest BCUT2D eigenvalue weighted by molar-refractivity contribution is 7.90. The first-order chi connectivity index (χ1) is 13.2. The van der Waals surface area contributed by atoms with Gasteiger partial charge in [-0.1, -0.05) is 12.1 Å². The minimum Gasteiger partial charge on any atom is -0.497 e. The maximum atomic E-state index is 12.7. The van der Waals surface area contributed by atoms with E-state index in [4.69, 9.17) is 10.5 Å². The van der Waals surface area contributed by atoms with Gasteiger partial charge in [0.2, 0.25) is 0 Å². The summed E-state index contributed by atoms with van der Waals surface area (Å²) in [4.78, 5) is 31.1. The van der Waals surface area contributed by atoms with Crippen LogP contribution in [0.1, 0.15) is 26.5 Å². The smallest absolute Gasteiger partial charge is 0.284 e. The van der Waals surface area contributed by atoms with E-state index in [1.807, 2.05) is 0 Å². The lowest BCUT2D eigenvalue weighted by atomic mass is 10.1. The van der Waals surface area contributed by atoms with Gasteiger partial charge in [-0.05, 0) is 23.8 Å². The van der Waals surface area contributed by atoms with E-state index < -0.39 is 21.7 Å². The monoisotopic (exact) mass is 402 g/mol. The number of nitrogens with zero attached hydrogens (tertiary/aromatic N) is 1. The summed E-state index contributed by atoms with van der Waals surface area (Å²) in [6.45, 7) is 0.175. The summed E-state index contributed by atoms with van der Waals surface area (Å²) in [6, 6.07) is 9.32. The average molecular weight is 402 g/mol. The Kier molecular flexibility index (Phi) is 5.06. The molecule has 2 aromatic carbocycles. The molecular weight excluding hydrogens is 384 g/mol. The van der Waals surface area contributed by atoms with Crippen molar-refractivity contribution in [2.75, 3.05) is 13.4 Å². The predicted octanol–water partition coefficient (Wildman–Crippen LogP) is 1.00. The number of benzene rings is 2. The molecule has 0 unspecified atom stereocenters. The molecule has 1 heterocycles. The number of aromatic amines is 1. The van der Waals surface area contributed by atoms with Gasteiger partial charge < -0.3 is 20.8 Å². The van der Waals surface area contributed by atoms with Crippen molar-refractivity contribution in [3.05, 3.63) is 53.3 Å². The molecule has 0 saturated heterocycles. The van der Waals surface area contributed by atoms with Crippen molar-refractivity contribution in [3.8, 4) is 5.75 Å². The lowest BCUT2D eigenvalue weighted by Crippen LogP contribution is -2.23. The first kappa shape index (κ1) is 19.4. The molecule has 0 aliphatic rings. The van der Waals surface area contributed by atoms with Crippen molar-refractivity contribution in [1.29, 1.82) is 0 Å². The third kappa shape index (κ3) is 3.96. The number of ether oxygens (including phenoxy) is 1. The Morgan fingerprint density at radius 2 is 1.89 bits per heavy atom. The Balaban J connectivity index is 1.85. The number of hydrogen-bond donors (Lipinski definition) is 3. The number of rotatable bonds is 6. The number of fused-ring (bicyclic) bond motifs is 1. The van der Waals surface area contributed by atoms with Crippen molar-refractivity contribution in [3.63, 3.8) is 0 Å². The quantitative estimate of drug-likeness (QED) is 0.561. The highest BCUT2D eigenvalue weighted by Gasteiger charge is 2.18. The molecule has 0 aliphatic carbocycles. The molecule has 0 atom stereocenters. The van der Waals surface area contributed by atoms with E-state index in [0.29, 0.717) is 16.8 Å². The summed E-state index contributed by atoms with van der Waals surface area (Å²) >= 11 is 0. The fourth-order valence-corrected chi connectivity index (χ4v) is 3.26. The van der Waals surface area contributed by atoms with Crippen LogP contribution in [-0.2, 0) is 16.4 Å². The molecule has 0 fully saturated rings. The number of amides is 2. The van der Waals surface area contributed by atoms with Crippen LogP contribution < -0.4 is 15.8 Å². The van der Waals surface area contributed by atoms with Crippen LogP contribution in [0.2, 0.25) is 0 Å². The fourth-order valence-electron chi connectivity index (χ4n) is 2.63. The largest absolute Gasteiger partial charge is 0.497 e. The topological polar surface area (TPSA) is 144 Å². The van der Waals surface area contributed by atoms with Crippen molar-refractivity contribution in [2.45, 2.75) is 11.4 Å². The number of imidazole rings is 1. The fraction of sp³-hybridized carbons (Fsp3) is 0.167. The highest BCUT2D eigenvalue weighted by Crippen LogP contribution is 2.24. The van der Waals surface area contributed by atoms with Gasteiger partial charge in [0.15, 0.2) is 15.7 Å². The molecule has 0 bridgehead atoms. The molecule has 3 aromatic rings. The molecule has 146 valence electrons. The number of carbonyl (C=O) groups excluding carboxylic acids is 2. The van der Waals surface area contributed by atoms with Gasteiger partial charge in [-0.25, -0.2) is 13.4 Å². The first-order valence-corrected chi connectivity index (χ1v) is 10.0. The minimum atomic E-state index is -3.28.